The highest BCUT2D eigenvalue weighted by molar-refractivity contribution is 5.93. The highest BCUT2D eigenvalue weighted by Gasteiger charge is 2.35. The van der Waals surface area contributed by atoms with Gasteiger partial charge in [0.25, 0.3) is 0 Å². The van der Waals surface area contributed by atoms with Crippen molar-refractivity contribution in [2.75, 3.05) is 23.7 Å². The van der Waals surface area contributed by atoms with E-state index < -0.39 is 0 Å². The number of hydrogen-bond donors (Lipinski definition) is 4. The number of carbonyl (C=O) groups excluding carboxylic acids is 3. The number of likely N-dealkylation sites (tertiary alicyclic amines) is 1. The minimum Gasteiger partial charge on any atom is -0.341 e. The van der Waals surface area contributed by atoms with E-state index in [1.165, 1.54) is 6.92 Å². The number of nitrogens with one attached hydrogen (secondary N) is 4. The van der Waals surface area contributed by atoms with E-state index in [4.69, 9.17) is 0 Å². The lowest BCUT2D eigenvalue weighted by atomic mass is 9.94. The van der Waals surface area contributed by atoms with Crippen molar-refractivity contribution in [1.29, 1.82) is 0 Å². The Morgan fingerprint density at radius 2 is 1.56 bits per heavy atom. The Balaban J connectivity index is 1.24. The van der Waals surface area contributed by atoms with Crippen molar-refractivity contribution in [2.45, 2.75) is 38.3 Å². The molecular weight excluding hydrogens is 408 g/mol. The molecule has 0 bridgehead atoms. The zero-order valence-electron chi connectivity index (χ0n) is 18.0. The minimum atomic E-state index is -0.277. The van der Waals surface area contributed by atoms with Crippen LogP contribution in [-0.4, -0.2) is 46.7 Å². The normalized spacial score (nSPS) is 21.2. The number of hydrazine groups is 1. The van der Waals surface area contributed by atoms with Gasteiger partial charge in [0.15, 0.2) is 0 Å². The average molecular weight is 437 g/mol. The van der Waals surface area contributed by atoms with Crippen molar-refractivity contribution in [2.24, 2.45) is 5.92 Å². The fourth-order valence-electron chi connectivity index (χ4n) is 4.20. The monoisotopic (exact) mass is 436 g/mol. The van der Waals surface area contributed by atoms with Gasteiger partial charge in [-0.05, 0) is 61.2 Å². The average Bonchev–Trinajstić information content (AvgIpc) is 3.31. The highest BCUT2D eigenvalue weighted by Crippen LogP contribution is 2.25. The Labute approximate surface area is 186 Å². The van der Waals surface area contributed by atoms with Crippen LogP contribution in [0.25, 0.3) is 0 Å². The van der Waals surface area contributed by atoms with Crippen LogP contribution in [0.5, 0.6) is 0 Å². The number of anilines is 2. The number of carbonyl (C=O) groups is 3. The first-order valence-corrected chi connectivity index (χ1v) is 10.9. The number of pyridine rings is 1. The first kappa shape index (κ1) is 21.9. The summed E-state index contributed by atoms with van der Waals surface area (Å²) in [5.41, 5.74) is 8.79. The largest absolute Gasteiger partial charge is 0.341 e. The van der Waals surface area contributed by atoms with Gasteiger partial charge in [-0.25, -0.2) is 10.9 Å². The minimum absolute atomic E-state index is 0.0391. The first-order valence-electron chi connectivity index (χ1n) is 10.9. The zero-order valence-corrected chi connectivity index (χ0v) is 18.0. The molecule has 168 valence electrons. The van der Waals surface area contributed by atoms with E-state index in [0.29, 0.717) is 43.7 Å². The van der Waals surface area contributed by atoms with Gasteiger partial charge in [0.2, 0.25) is 17.7 Å². The van der Waals surface area contributed by atoms with Gasteiger partial charge in [-0.3, -0.25) is 19.4 Å². The molecule has 2 atom stereocenters. The first-order chi connectivity index (χ1) is 15.5. The number of aromatic nitrogens is 1. The molecule has 0 aliphatic carbocycles. The van der Waals surface area contributed by atoms with Crippen molar-refractivity contribution in [3.8, 4) is 0 Å². The molecule has 2 aromatic rings. The van der Waals surface area contributed by atoms with Gasteiger partial charge in [-0.2, -0.15) is 0 Å². The Hall–Kier alpha value is -3.30. The number of benzene rings is 1. The number of nitrogens with zero attached hydrogens (tertiary/aromatic N) is 2. The maximum absolute atomic E-state index is 12.9. The third-order valence-electron chi connectivity index (χ3n) is 5.96. The SMILES string of the molecule is CC(=O)Nc1ccc(NC(=O)C2CCN(C(=O)C3CC(c4ccncc4)NN3)CC2)cc1. The molecule has 1 aromatic heterocycles. The summed E-state index contributed by atoms with van der Waals surface area (Å²) in [6.45, 7) is 2.58. The van der Waals surface area contributed by atoms with E-state index in [1.807, 2.05) is 17.0 Å². The quantitative estimate of drug-likeness (QED) is 0.568. The third-order valence-corrected chi connectivity index (χ3v) is 5.96. The molecule has 9 heteroatoms. The second-order valence-electron chi connectivity index (χ2n) is 8.26. The standard InChI is InChI=1S/C23H28N6O3/c1-15(30)25-18-2-4-19(5-3-18)26-22(31)17-8-12-29(13-9-17)23(32)21-14-20(27-28-21)16-6-10-24-11-7-16/h2-7,10-11,17,20-21,27-28H,8-9,12-14H2,1H3,(H,25,30)(H,26,31). The van der Waals surface area contributed by atoms with Crippen molar-refractivity contribution in [3.63, 3.8) is 0 Å². The fraction of sp³-hybridized carbons (Fsp3) is 0.391. The summed E-state index contributed by atoms with van der Waals surface area (Å²) in [7, 11) is 0. The van der Waals surface area contributed by atoms with Crippen molar-refractivity contribution in [3.05, 3.63) is 54.4 Å². The highest BCUT2D eigenvalue weighted by atomic mass is 16.2. The maximum atomic E-state index is 12.9. The van der Waals surface area contributed by atoms with Crippen LogP contribution in [0.4, 0.5) is 11.4 Å². The molecule has 0 spiro atoms. The lowest BCUT2D eigenvalue weighted by Crippen LogP contribution is -2.49. The van der Waals surface area contributed by atoms with Gasteiger partial charge in [-0.1, -0.05) is 0 Å². The molecule has 2 unspecified atom stereocenters. The van der Waals surface area contributed by atoms with Gasteiger partial charge in [0.1, 0.15) is 6.04 Å². The summed E-state index contributed by atoms with van der Waals surface area (Å²) in [5, 5.41) is 5.63. The second-order valence-corrected chi connectivity index (χ2v) is 8.26. The second kappa shape index (κ2) is 9.88. The van der Waals surface area contributed by atoms with E-state index in [9.17, 15) is 14.4 Å². The van der Waals surface area contributed by atoms with Gasteiger partial charge in [0, 0.05) is 55.7 Å². The smallest absolute Gasteiger partial charge is 0.241 e. The molecular formula is C23H28N6O3. The van der Waals surface area contributed by atoms with Gasteiger partial charge in [0.05, 0.1) is 0 Å². The van der Waals surface area contributed by atoms with Crippen LogP contribution in [-0.2, 0) is 14.4 Å². The molecule has 32 heavy (non-hydrogen) atoms. The van der Waals surface area contributed by atoms with E-state index in [2.05, 4.69) is 26.5 Å². The fourth-order valence-corrected chi connectivity index (χ4v) is 4.20. The molecule has 0 radical (unpaired) electrons. The van der Waals surface area contributed by atoms with E-state index in [0.717, 1.165) is 5.56 Å². The number of amides is 3. The molecule has 2 aliphatic rings. The molecule has 3 heterocycles. The molecule has 4 rings (SSSR count). The van der Waals surface area contributed by atoms with Crippen molar-refractivity contribution < 1.29 is 14.4 Å². The van der Waals surface area contributed by atoms with Gasteiger partial charge in [-0.15, -0.1) is 0 Å². The molecule has 2 aliphatic heterocycles. The maximum Gasteiger partial charge on any atom is 0.241 e. The topological polar surface area (TPSA) is 115 Å². The van der Waals surface area contributed by atoms with E-state index in [-0.39, 0.29) is 35.7 Å². The summed E-state index contributed by atoms with van der Waals surface area (Å²) in [6.07, 6.45) is 5.45. The summed E-state index contributed by atoms with van der Waals surface area (Å²) in [6, 6.07) is 10.7. The molecule has 1 aromatic carbocycles. The lowest BCUT2D eigenvalue weighted by Gasteiger charge is -2.32. The van der Waals surface area contributed by atoms with Gasteiger partial charge < -0.3 is 15.5 Å². The number of piperidine rings is 1. The van der Waals surface area contributed by atoms with Gasteiger partial charge >= 0.3 is 0 Å². The lowest BCUT2D eigenvalue weighted by molar-refractivity contribution is -0.136. The van der Waals surface area contributed by atoms with Crippen molar-refractivity contribution >= 4 is 29.1 Å². The molecule has 3 amide bonds. The van der Waals surface area contributed by atoms with Crippen LogP contribution < -0.4 is 21.5 Å². The molecule has 2 saturated heterocycles. The Kier molecular flexibility index (Phi) is 6.77. The van der Waals surface area contributed by atoms with Crippen LogP contribution in [0.15, 0.2) is 48.8 Å². The Morgan fingerprint density at radius 1 is 0.938 bits per heavy atom. The van der Waals surface area contributed by atoms with Crippen molar-refractivity contribution in [1.82, 2.24) is 20.7 Å². The zero-order chi connectivity index (χ0) is 22.5. The van der Waals surface area contributed by atoms with E-state index in [1.54, 1.807) is 36.7 Å². The van der Waals surface area contributed by atoms with Crippen LogP contribution in [0.3, 0.4) is 0 Å². The summed E-state index contributed by atoms with van der Waals surface area (Å²) >= 11 is 0. The Morgan fingerprint density at radius 3 is 2.19 bits per heavy atom. The number of hydrogen-bond acceptors (Lipinski definition) is 6. The third kappa shape index (κ3) is 5.30. The molecule has 9 nitrogen and oxygen atoms in total. The predicted molar refractivity (Wildman–Crippen MR) is 120 cm³/mol. The molecule has 4 N–H and O–H groups in total. The van der Waals surface area contributed by atoms with Crippen LogP contribution in [0.2, 0.25) is 0 Å². The predicted octanol–water partition coefficient (Wildman–Crippen LogP) is 1.82. The number of rotatable bonds is 5. The van der Waals surface area contributed by atoms with Crippen LogP contribution in [0, 0.1) is 5.92 Å². The summed E-state index contributed by atoms with van der Waals surface area (Å²) in [4.78, 5) is 42.6. The summed E-state index contributed by atoms with van der Waals surface area (Å²) < 4.78 is 0. The van der Waals surface area contributed by atoms with Crippen LogP contribution >= 0.6 is 0 Å². The molecule has 2 fully saturated rings. The molecule has 0 saturated carbocycles. The Bertz CT molecular complexity index is 957. The van der Waals surface area contributed by atoms with E-state index >= 15 is 0 Å². The summed E-state index contributed by atoms with van der Waals surface area (Å²) in [5.74, 6) is -0.239. The van der Waals surface area contributed by atoms with Crippen LogP contribution in [0.1, 0.15) is 37.8 Å².